The van der Waals surface area contributed by atoms with E-state index in [0.29, 0.717) is 18.4 Å². The van der Waals surface area contributed by atoms with Gasteiger partial charge in [0, 0.05) is 25.2 Å². The monoisotopic (exact) mass is 550 g/mol. The number of sulfone groups is 1. The maximum absolute atomic E-state index is 13.8. The molecule has 1 saturated heterocycles. The van der Waals surface area contributed by atoms with E-state index in [1.54, 1.807) is 4.90 Å². The van der Waals surface area contributed by atoms with Gasteiger partial charge in [0.25, 0.3) is 5.91 Å². The first-order chi connectivity index (χ1) is 18.1. The molecule has 0 spiro atoms. The van der Waals surface area contributed by atoms with Gasteiger partial charge in [0.2, 0.25) is 0 Å². The topological polar surface area (TPSA) is 89.7 Å². The lowest BCUT2D eigenvalue weighted by Crippen LogP contribution is -2.59. The summed E-state index contributed by atoms with van der Waals surface area (Å²) in [5, 5.41) is -0.534. The number of hydrogen-bond acceptors (Lipinski definition) is 5. The van der Waals surface area contributed by atoms with Crippen LogP contribution in [0.15, 0.2) is 42.5 Å². The van der Waals surface area contributed by atoms with Gasteiger partial charge >= 0.3 is 0 Å². The highest BCUT2D eigenvalue weighted by molar-refractivity contribution is 7.92. The van der Waals surface area contributed by atoms with Crippen molar-refractivity contribution in [3.8, 4) is 0 Å². The van der Waals surface area contributed by atoms with Crippen LogP contribution in [0.4, 0.5) is 8.78 Å². The van der Waals surface area contributed by atoms with Gasteiger partial charge in [-0.15, -0.1) is 0 Å². The number of hydrogen-bond donors (Lipinski definition) is 1. The molecule has 9 heteroatoms. The molecule has 2 aromatic carbocycles. The van der Waals surface area contributed by atoms with Crippen molar-refractivity contribution in [2.75, 3.05) is 12.3 Å². The first-order valence-electron chi connectivity index (χ1n) is 13.5. The largest absolute Gasteiger partial charge is 0.361 e. The van der Waals surface area contributed by atoms with Crippen molar-refractivity contribution >= 4 is 15.7 Å². The van der Waals surface area contributed by atoms with Crippen LogP contribution in [0.3, 0.4) is 0 Å². The Morgan fingerprint density at radius 2 is 1.63 bits per heavy atom. The summed E-state index contributed by atoms with van der Waals surface area (Å²) >= 11 is 0. The maximum atomic E-state index is 13.8. The van der Waals surface area contributed by atoms with Gasteiger partial charge in [0.05, 0.1) is 17.1 Å². The average Bonchev–Trinajstić information content (AvgIpc) is 2.85. The van der Waals surface area contributed by atoms with Gasteiger partial charge in [-0.2, -0.15) is 0 Å². The molecule has 2 aromatic rings. The second-order valence-corrected chi connectivity index (χ2v) is 12.6. The van der Waals surface area contributed by atoms with Gasteiger partial charge in [0.15, 0.2) is 15.9 Å². The zero-order valence-corrected chi connectivity index (χ0v) is 23.4. The molecule has 3 rings (SSSR count). The van der Waals surface area contributed by atoms with Crippen LogP contribution in [0.2, 0.25) is 0 Å². The third-order valence-electron chi connectivity index (χ3n) is 7.08. The van der Waals surface area contributed by atoms with E-state index in [-0.39, 0.29) is 25.4 Å². The molecule has 0 bridgehead atoms. The minimum absolute atomic E-state index is 0.112. The number of nitrogens with two attached hydrogens (primary N) is 1. The number of carbonyl (C=O) groups is 1. The van der Waals surface area contributed by atoms with Crippen LogP contribution in [0.25, 0.3) is 0 Å². The zero-order chi connectivity index (χ0) is 27.9. The Hall–Kier alpha value is -2.36. The Morgan fingerprint density at radius 1 is 1.00 bits per heavy atom. The third kappa shape index (κ3) is 8.07. The fourth-order valence-electron chi connectivity index (χ4n) is 5.11. The predicted molar refractivity (Wildman–Crippen MR) is 145 cm³/mol. The van der Waals surface area contributed by atoms with Crippen molar-refractivity contribution in [1.29, 1.82) is 0 Å². The van der Waals surface area contributed by atoms with E-state index >= 15 is 0 Å². The summed E-state index contributed by atoms with van der Waals surface area (Å²) in [6.45, 7) is 6.37. The van der Waals surface area contributed by atoms with Crippen LogP contribution < -0.4 is 5.73 Å². The summed E-state index contributed by atoms with van der Waals surface area (Å²) in [5.74, 6) is -2.21. The SMILES string of the molecule is CCCC(CCC)S(=O)(=O)CC1O[C@@H]([C@H](N)Cc2cc(F)cc(F)c2)CN(Cc2cccc(CC)c2)C1=O. The van der Waals surface area contributed by atoms with E-state index < -0.39 is 50.7 Å². The van der Waals surface area contributed by atoms with Crippen molar-refractivity contribution in [2.45, 2.75) is 89.3 Å². The quantitative estimate of drug-likeness (QED) is 0.395. The fraction of sp³-hybridized carbons (Fsp3) is 0.552. The number of halogens is 2. The molecule has 1 unspecified atom stereocenters. The molecule has 2 N–H and O–H groups in total. The van der Waals surface area contributed by atoms with Crippen LogP contribution in [0, 0.1) is 11.6 Å². The molecular formula is C29H40F2N2O4S. The summed E-state index contributed by atoms with van der Waals surface area (Å²) in [5.41, 5.74) is 8.88. The third-order valence-corrected chi connectivity index (χ3v) is 9.34. The lowest BCUT2D eigenvalue weighted by Gasteiger charge is -2.40. The van der Waals surface area contributed by atoms with E-state index in [4.69, 9.17) is 10.5 Å². The lowest BCUT2D eigenvalue weighted by atomic mass is 9.99. The van der Waals surface area contributed by atoms with E-state index in [2.05, 4.69) is 0 Å². The van der Waals surface area contributed by atoms with Gasteiger partial charge in [-0.1, -0.05) is 57.9 Å². The molecule has 1 aliphatic rings. The van der Waals surface area contributed by atoms with Crippen molar-refractivity contribution in [1.82, 2.24) is 4.90 Å². The standard InChI is InChI=1S/C29H40F2N2O4S/c1-4-8-25(9-5-2)38(35,36)19-28-29(34)33(17-21-11-7-10-20(6-3)12-21)18-27(37-28)26(32)15-22-13-23(30)16-24(31)14-22/h7,10-14,16,25-28H,4-6,8-9,15,17-19,32H2,1-3H3/t26-,27-,28?/m1/s1. The number of ether oxygens (including phenoxy) is 1. The Morgan fingerprint density at radius 3 is 2.24 bits per heavy atom. The molecule has 0 radical (unpaired) electrons. The molecule has 0 aromatic heterocycles. The van der Waals surface area contributed by atoms with Crippen molar-refractivity contribution in [3.63, 3.8) is 0 Å². The summed E-state index contributed by atoms with van der Waals surface area (Å²) < 4.78 is 60.3. The summed E-state index contributed by atoms with van der Waals surface area (Å²) in [6, 6.07) is 10.4. The number of aryl methyl sites for hydroxylation is 1. The molecule has 1 aliphatic heterocycles. The first kappa shape index (κ1) is 30.2. The summed E-state index contributed by atoms with van der Waals surface area (Å²) in [6.07, 6.45) is 1.56. The molecule has 6 nitrogen and oxygen atoms in total. The number of nitrogens with zero attached hydrogens (tertiary/aromatic N) is 1. The number of benzene rings is 2. The molecule has 1 amide bonds. The van der Waals surface area contributed by atoms with Crippen LogP contribution >= 0.6 is 0 Å². The van der Waals surface area contributed by atoms with Crippen LogP contribution in [-0.4, -0.2) is 55.0 Å². The Balaban J connectivity index is 1.87. The van der Waals surface area contributed by atoms with E-state index in [1.807, 2.05) is 45.0 Å². The van der Waals surface area contributed by atoms with E-state index in [0.717, 1.165) is 36.5 Å². The average molecular weight is 551 g/mol. The number of morpholine rings is 1. The fourth-order valence-corrected chi connectivity index (χ4v) is 7.21. The van der Waals surface area contributed by atoms with E-state index in [1.165, 1.54) is 12.1 Å². The van der Waals surface area contributed by atoms with Gasteiger partial charge in [0.1, 0.15) is 11.6 Å². The number of carbonyl (C=O) groups excluding carboxylic acids is 1. The van der Waals surface area contributed by atoms with Crippen LogP contribution in [0.5, 0.6) is 0 Å². The Bertz CT molecular complexity index is 1160. The van der Waals surface area contributed by atoms with Crippen molar-refractivity contribution < 1.29 is 26.7 Å². The molecule has 1 heterocycles. The number of rotatable bonds is 13. The highest BCUT2D eigenvalue weighted by atomic mass is 32.2. The summed E-state index contributed by atoms with van der Waals surface area (Å²) in [7, 11) is -3.62. The maximum Gasteiger partial charge on any atom is 0.253 e. The van der Waals surface area contributed by atoms with Crippen molar-refractivity contribution in [2.24, 2.45) is 5.73 Å². The van der Waals surface area contributed by atoms with Crippen LogP contribution in [-0.2, 0) is 38.8 Å². The molecule has 0 saturated carbocycles. The number of amides is 1. The molecule has 38 heavy (non-hydrogen) atoms. The highest BCUT2D eigenvalue weighted by Crippen LogP contribution is 2.24. The van der Waals surface area contributed by atoms with Gasteiger partial charge in [-0.25, -0.2) is 17.2 Å². The molecular weight excluding hydrogens is 510 g/mol. The first-order valence-corrected chi connectivity index (χ1v) is 15.2. The Labute approximate surface area is 225 Å². The normalized spacial score (nSPS) is 19.2. The predicted octanol–water partition coefficient (Wildman–Crippen LogP) is 4.58. The second kappa shape index (κ2) is 13.6. The smallest absolute Gasteiger partial charge is 0.253 e. The second-order valence-electron chi connectivity index (χ2n) is 10.2. The molecule has 210 valence electrons. The molecule has 1 fully saturated rings. The van der Waals surface area contributed by atoms with Crippen molar-refractivity contribution in [3.05, 3.63) is 70.8 Å². The molecule has 0 aliphatic carbocycles. The Kier molecular flexibility index (Phi) is 10.8. The molecule has 3 atom stereocenters. The zero-order valence-electron chi connectivity index (χ0n) is 22.5. The van der Waals surface area contributed by atoms with E-state index in [9.17, 15) is 22.0 Å². The summed E-state index contributed by atoms with van der Waals surface area (Å²) in [4.78, 5) is 15.1. The van der Waals surface area contributed by atoms with Gasteiger partial charge in [-0.3, -0.25) is 4.79 Å². The van der Waals surface area contributed by atoms with Gasteiger partial charge < -0.3 is 15.4 Å². The lowest BCUT2D eigenvalue weighted by molar-refractivity contribution is -0.162. The minimum Gasteiger partial charge on any atom is -0.361 e. The minimum atomic E-state index is -3.62. The van der Waals surface area contributed by atoms with Crippen LogP contribution in [0.1, 0.15) is 63.1 Å². The highest BCUT2D eigenvalue weighted by Gasteiger charge is 2.41. The van der Waals surface area contributed by atoms with Gasteiger partial charge in [-0.05, 0) is 54.5 Å².